The van der Waals surface area contributed by atoms with Crippen LogP contribution in [0.5, 0.6) is 11.5 Å². The second-order valence-corrected chi connectivity index (χ2v) is 5.10. The van der Waals surface area contributed by atoms with Gasteiger partial charge in [0.1, 0.15) is 11.5 Å². The first kappa shape index (κ1) is 12.2. The highest BCUT2D eigenvalue weighted by molar-refractivity contribution is 5.41. The van der Waals surface area contributed by atoms with Gasteiger partial charge < -0.3 is 10.5 Å². The Bertz CT molecular complexity index is 550. The summed E-state index contributed by atoms with van der Waals surface area (Å²) in [4.78, 5) is 0. The first-order valence-electron chi connectivity index (χ1n) is 6.92. The van der Waals surface area contributed by atoms with Gasteiger partial charge in [0.2, 0.25) is 0 Å². The van der Waals surface area contributed by atoms with Crippen LogP contribution in [0.2, 0.25) is 0 Å². The maximum Gasteiger partial charge on any atom is 0.127 e. The van der Waals surface area contributed by atoms with Crippen LogP contribution < -0.4 is 10.5 Å². The molecule has 98 valence electrons. The van der Waals surface area contributed by atoms with Crippen LogP contribution in [0.25, 0.3) is 0 Å². The number of hydrogen-bond acceptors (Lipinski definition) is 2. The molecule has 0 saturated heterocycles. The van der Waals surface area contributed by atoms with Crippen molar-refractivity contribution in [3.63, 3.8) is 0 Å². The number of benzene rings is 2. The maximum absolute atomic E-state index is 5.88. The molecule has 0 amide bonds. The zero-order valence-electron chi connectivity index (χ0n) is 11.0. The smallest absolute Gasteiger partial charge is 0.127 e. The molecule has 1 unspecified atom stereocenters. The molecule has 0 spiro atoms. The molecule has 1 aliphatic carbocycles. The fourth-order valence-corrected chi connectivity index (χ4v) is 2.82. The van der Waals surface area contributed by atoms with Gasteiger partial charge in [-0.1, -0.05) is 24.3 Å². The molecule has 2 aromatic rings. The van der Waals surface area contributed by atoms with Crippen LogP contribution in [0.4, 0.5) is 0 Å². The number of para-hydroxylation sites is 1. The molecule has 0 aliphatic heterocycles. The van der Waals surface area contributed by atoms with Gasteiger partial charge >= 0.3 is 0 Å². The monoisotopic (exact) mass is 253 g/mol. The fourth-order valence-electron chi connectivity index (χ4n) is 2.82. The molecule has 2 aromatic carbocycles. The summed E-state index contributed by atoms with van der Waals surface area (Å²) in [6.45, 7) is 0.742. The Morgan fingerprint density at radius 2 is 1.89 bits per heavy atom. The van der Waals surface area contributed by atoms with Crippen LogP contribution in [0, 0.1) is 0 Å². The first-order chi connectivity index (χ1) is 9.36. The molecule has 0 radical (unpaired) electrons. The molecule has 3 rings (SSSR count). The van der Waals surface area contributed by atoms with Gasteiger partial charge in [-0.15, -0.1) is 0 Å². The zero-order chi connectivity index (χ0) is 13.1. The minimum Gasteiger partial charge on any atom is -0.457 e. The van der Waals surface area contributed by atoms with E-state index in [0.29, 0.717) is 5.92 Å². The Kier molecular flexibility index (Phi) is 3.51. The summed E-state index contributed by atoms with van der Waals surface area (Å²) in [6, 6.07) is 16.3. The van der Waals surface area contributed by atoms with E-state index in [0.717, 1.165) is 24.5 Å². The van der Waals surface area contributed by atoms with Crippen LogP contribution >= 0.6 is 0 Å². The average molecular weight is 253 g/mol. The average Bonchev–Trinajstić information content (AvgIpc) is 2.47. The summed E-state index contributed by atoms with van der Waals surface area (Å²) in [5.41, 5.74) is 8.66. The van der Waals surface area contributed by atoms with Crippen molar-refractivity contribution in [2.24, 2.45) is 5.73 Å². The molecule has 19 heavy (non-hydrogen) atoms. The maximum atomic E-state index is 5.88. The number of aryl methyl sites for hydroxylation is 1. The quantitative estimate of drug-likeness (QED) is 0.901. The highest BCUT2D eigenvalue weighted by Crippen LogP contribution is 2.34. The molecule has 1 atom stereocenters. The van der Waals surface area contributed by atoms with E-state index in [1.165, 1.54) is 24.0 Å². The van der Waals surface area contributed by atoms with E-state index in [1.54, 1.807) is 0 Å². The Morgan fingerprint density at radius 3 is 2.68 bits per heavy atom. The highest BCUT2D eigenvalue weighted by Gasteiger charge is 2.19. The molecule has 0 fully saturated rings. The van der Waals surface area contributed by atoms with Gasteiger partial charge in [0, 0.05) is 0 Å². The third-order valence-electron chi connectivity index (χ3n) is 3.82. The van der Waals surface area contributed by atoms with Crippen molar-refractivity contribution in [2.45, 2.75) is 25.2 Å². The Labute approximate surface area is 114 Å². The summed E-state index contributed by atoms with van der Waals surface area (Å²) in [5, 5.41) is 0. The summed E-state index contributed by atoms with van der Waals surface area (Å²) in [5.74, 6) is 2.32. The van der Waals surface area contributed by atoms with E-state index in [4.69, 9.17) is 10.5 Å². The fraction of sp³-hybridized carbons (Fsp3) is 0.294. The third-order valence-corrected chi connectivity index (χ3v) is 3.82. The van der Waals surface area contributed by atoms with Crippen molar-refractivity contribution in [1.29, 1.82) is 0 Å². The van der Waals surface area contributed by atoms with E-state index in [2.05, 4.69) is 18.2 Å². The minimum absolute atomic E-state index is 0.523. The molecule has 1 aliphatic rings. The predicted molar refractivity (Wildman–Crippen MR) is 77.7 cm³/mol. The largest absolute Gasteiger partial charge is 0.457 e. The van der Waals surface area contributed by atoms with Crippen molar-refractivity contribution >= 4 is 0 Å². The van der Waals surface area contributed by atoms with Gasteiger partial charge in [0.15, 0.2) is 0 Å². The number of ether oxygens (including phenoxy) is 1. The summed E-state index contributed by atoms with van der Waals surface area (Å²) >= 11 is 0. The van der Waals surface area contributed by atoms with Gasteiger partial charge in [-0.05, 0) is 67.1 Å². The van der Waals surface area contributed by atoms with Gasteiger partial charge in [0.05, 0.1) is 0 Å². The van der Waals surface area contributed by atoms with Gasteiger partial charge in [0.25, 0.3) is 0 Å². The number of hydrogen-bond donors (Lipinski definition) is 1. The van der Waals surface area contributed by atoms with Gasteiger partial charge in [-0.25, -0.2) is 0 Å². The van der Waals surface area contributed by atoms with Crippen LogP contribution in [0.1, 0.15) is 29.9 Å². The molecule has 2 nitrogen and oxygen atoms in total. The lowest BCUT2D eigenvalue weighted by Crippen LogP contribution is -2.18. The lowest BCUT2D eigenvalue weighted by molar-refractivity contribution is 0.478. The number of fused-ring (bicyclic) bond motifs is 1. The molecule has 2 N–H and O–H groups in total. The van der Waals surface area contributed by atoms with Crippen LogP contribution in [0.15, 0.2) is 48.5 Å². The van der Waals surface area contributed by atoms with E-state index in [-0.39, 0.29) is 0 Å². The van der Waals surface area contributed by atoms with Gasteiger partial charge in [-0.3, -0.25) is 0 Å². The first-order valence-corrected chi connectivity index (χ1v) is 6.92. The predicted octanol–water partition coefficient (Wildman–Crippen LogP) is 3.86. The Hall–Kier alpha value is -1.80. The lowest BCUT2D eigenvalue weighted by Gasteiger charge is -2.24. The molecule has 2 heteroatoms. The second kappa shape index (κ2) is 5.45. The standard InChI is InChI=1S/C17H19NO/c18-12-14-6-4-5-13-11-16(9-10-17(13)14)19-15-7-2-1-3-8-15/h1-3,7-11,14H,4-6,12,18H2. The normalized spacial score (nSPS) is 17.8. The lowest BCUT2D eigenvalue weighted by atomic mass is 9.83. The third kappa shape index (κ3) is 2.64. The summed E-state index contributed by atoms with van der Waals surface area (Å²) in [6.07, 6.45) is 3.57. The van der Waals surface area contributed by atoms with Crippen molar-refractivity contribution in [1.82, 2.24) is 0 Å². The molecular weight excluding hydrogens is 234 g/mol. The summed E-state index contributed by atoms with van der Waals surface area (Å²) < 4.78 is 5.88. The topological polar surface area (TPSA) is 35.2 Å². The van der Waals surface area contributed by atoms with Crippen molar-refractivity contribution in [3.05, 3.63) is 59.7 Å². The second-order valence-electron chi connectivity index (χ2n) is 5.10. The van der Waals surface area contributed by atoms with Crippen molar-refractivity contribution in [2.75, 3.05) is 6.54 Å². The van der Waals surface area contributed by atoms with Crippen LogP contribution in [-0.2, 0) is 6.42 Å². The number of nitrogens with two attached hydrogens (primary N) is 1. The van der Waals surface area contributed by atoms with Crippen LogP contribution in [0.3, 0.4) is 0 Å². The van der Waals surface area contributed by atoms with Crippen LogP contribution in [-0.4, -0.2) is 6.54 Å². The molecule has 0 bridgehead atoms. The van der Waals surface area contributed by atoms with E-state index >= 15 is 0 Å². The molecule has 0 saturated carbocycles. The molecular formula is C17H19NO. The molecule has 0 aromatic heterocycles. The van der Waals surface area contributed by atoms with E-state index in [1.807, 2.05) is 30.3 Å². The van der Waals surface area contributed by atoms with E-state index in [9.17, 15) is 0 Å². The number of rotatable bonds is 3. The molecule has 0 heterocycles. The Balaban J connectivity index is 1.85. The van der Waals surface area contributed by atoms with Crippen molar-refractivity contribution in [3.8, 4) is 11.5 Å². The van der Waals surface area contributed by atoms with Gasteiger partial charge in [-0.2, -0.15) is 0 Å². The van der Waals surface area contributed by atoms with Crippen molar-refractivity contribution < 1.29 is 4.74 Å². The zero-order valence-corrected chi connectivity index (χ0v) is 11.0. The Morgan fingerprint density at radius 1 is 1.05 bits per heavy atom. The SMILES string of the molecule is NCC1CCCc2cc(Oc3ccccc3)ccc21. The van der Waals surface area contributed by atoms with E-state index < -0.39 is 0 Å². The highest BCUT2D eigenvalue weighted by atomic mass is 16.5. The summed E-state index contributed by atoms with van der Waals surface area (Å²) in [7, 11) is 0. The minimum atomic E-state index is 0.523.